The highest BCUT2D eigenvalue weighted by molar-refractivity contribution is 7.98. The van der Waals surface area contributed by atoms with Gasteiger partial charge in [0, 0.05) is 6.04 Å². The van der Waals surface area contributed by atoms with Crippen molar-refractivity contribution in [2.75, 3.05) is 19.1 Å². The van der Waals surface area contributed by atoms with E-state index >= 15 is 0 Å². The Morgan fingerprint density at radius 3 is 2.82 bits per heavy atom. The second kappa shape index (κ2) is 6.49. The van der Waals surface area contributed by atoms with Gasteiger partial charge in [-0.2, -0.15) is 11.8 Å². The molecule has 0 radical (unpaired) electrons. The van der Waals surface area contributed by atoms with Crippen LogP contribution < -0.4 is 5.73 Å². The van der Waals surface area contributed by atoms with Gasteiger partial charge in [-0.3, -0.25) is 4.79 Å². The average Bonchev–Trinajstić information content (AvgIpc) is 2.00. The van der Waals surface area contributed by atoms with E-state index in [1.54, 1.807) is 11.8 Å². The molecule has 66 valence electrons. The van der Waals surface area contributed by atoms with E-state index in [1.165, 1.54) is 7.11 Å². The number of methoxy groups -OCH3 is 1. The number of carbonyl (C=O) groups excluding carboxylic acids is 1. The van der Waals surface area contributed by atoms with Crippen molar-refractivity contribution < 1.29 is 9.53 Å². The first-order valence-electron chi connectivity index (χ1n) is 3.52. The summed E-state index contributed by atoms with van der Waals surface area (Å²) in [6.07, 6.45) is 3.22. The predicted molar refractivity (Wildman–Crippen MR) is 47.6 cm³/mol. The van der Waals surface area contributed by atoms with Crippen molar-refractivity contribution in [2.24, 2.45) is 5.73 Å². The van der Waals surface area contributed by atoms with Crippen molar-refractivity contribution in [1.29, 1.82) is 0 Å². The van der Waals surface area contributed by atoms with Gasteiger partial charge in [-0.15, -0.1) is 0 Å². The minimum Gasteiger partial charge on any atom is -0.469 e. The number of rotatable bonds is 5. The van der Waals surface area contributed by atoms with Crippen LogP contribution in [-0.2, 0) is 9.53 Å². The van der Waals surface area contributed by atoms with Crippen LogP contribution in [0.2, 0.25) is 0 Å². The van der Waals surface area contributed by atoms with Crippen molar-refractivity contribution in [2.45, 2.75) is 18.9 Å². The zero-order valence-corrected chi connectivity index (χ0v) is 7.82. The van der Waals surface area contributed by atoms with E-state index in [9.17, 15) is 4.79 Å². The Morgan fingerprint density at radius 2 is 2.36 bits per heavy atom. The molecule has 0 fully saturated rings. The third-order valence-electron chi connectivity index (χ3n) is 1.35. The summed E-state index contributed by atoms with van der Waals surface area (Å²) in [5, 5.41) is 0. The van der Waals surface area contributed by atoms with Gasteiger partial charge in [0.25, 0.3) is 0 Å². The van der Waals surface area contributed by atoms with Crippen LogP contribution in [0.3, 0.4) is 0 Å². The molecule has 0 bridgehead atoms. The molecular formula is C7H15NO2S. The second-order valence-corrected chi connectivity index (χ2v) is 3.31. The molecule has 11 heavy (non-hydrogen) atoms. The first-order chi connectivity index (χ1) is 5.20. The molecule has 0 aromatic rings. The summed E-state index contributed by atoms with van der Waals surface area (Å²) in [6, 6.07) is -0.0464. The molecule has 0 heterocycles. The summed E-state index contributed by atoms with van der Waals surface area (Å²) in [7, 11) is 1.38. The number of esters is 1. The maximum Gasteiger partial charge on any atom is 0.307 e. The predicted octanol–water partition coefficient (Wildman–Crippen LogP) is 0.630. The van der Waals surface area contributed by atoms with Gasteiger partial charge < -0.3 is 10.5 Å². The van der Waals surface area contributed by atoms with Crippen molar-refractivity contribution in [3.05, 3.63) is 0 Å². The quantitative estimate of drug-likeness (QED) is 0.626. The third-order valence-corrected chi connectivity index (χ3v) is 1.99. The van der Waals surface area contributed by atoms with E-state index in [4.69, 9.17) is 5.73 Å². The van der Waals surface area contributed by atoms with Gasteiger partial charge in [0.15, 0.2) is 0 Å². The topological polar surface area (TPSA) is 52.3 Å². The fraction of sp³-hybridized carbons (Fsp3) is 0.857. The lowest BCUT2D eigenvalue weighted by atomic mass is 10.2. The molecule has 1 atom stereocenters. The van der Waals surface area contributed by atoms with Crippen LogP contribution in [0.5, 0.6) is 0 Å². The van der Waals surface area contributed by atoms with E-state index in [0.29, 0.717) is 6.42 Å². The Morgan fingerprint density at radius 1 is 1.73 bits per heavy atom. The standard InChI is InChI=1S/C7H15NO2S/c1-10-7(9)5-6(8)3-4-11-2/h6H,3-5,8H2,1-2H3. The SMILES string of the molecule is COC(=O)CC(N)CCSC. The van der Waals surface area contributed by atoms with Gasteiger partial charge in [0.05, 0.1) is 13.5 Å². The van der Waals surface area contributed by atoms with Crippen LogP contribution in [0, 0.1) is 0 Å². The third kappa shape index (κ3) is 6.19. The first kappa shape index (κ1) is 10.8. The summed E-state index contributed by atoms with van der Waals surface area (Å²) < 4.78 is 4.48. The zero-order valence-electron chi connectivity index (χ0n) is 7.00. The lowest BCUT2D eigenvalue weighted by Gasteiger charge is -2.07. The Bertz CT molecular complexity index is 119. The monoisotopic (exact) mass is 177 g/mol. The molecule has 0 aliphatic heterocycles. The van der Waals surface area contributed by atoms with Crippen LogP contribution in [0.25, 0.3) is 0 Å². The molecule has 0 saturated heterocycles. The molecule has 0 spiro atoms. The largest absolute Gasteiger partial charge is 0.469 e. The van der Waals surface area contributed by atoms with E-state index < -0.39 is 0 Å². The molecule has 0 aliphatic rings. The highest BCUT2D eigenvalue weighted by atomic mass is 32.2. The normalized spacial score (nSPS) is 12.6. The molecule has 2 N–H and O–H groups in total. The van der Waals surface area contributed by atoms with Crippen molar-refractivity contribution in [3.8, 4) is 0 Å². The first-order valence-corrected chi connectivity index (χ1v) is 4.91. The van der Waals surface area contributed by atoms with Gasteiger partial charge in [-0.1, -0.05) is 0 Å². The number of nitrogens with two attached hydrogens (primary N) is 1. The van der Waals surface area contributed by atoms with Crippen molar-refractivity contribution in [3.63, 3.8) is 0 Å². The highest BCUT2D eigenvalue weighted by Gasteiger charge is 2.08. The highest BCUT2D eigenvalue weighted by Crippen LogP contribution is 2.02. The molecule has 0 aromatic carbocycles. The number of thioether (sulfide) groups is 1. The lowest BCUT2D eigenvalue weighted by molar-refractivity contribution is -0.141. The summed E-state index contributed by atoms with van der Waals surface area (Å²) in [5.74, 6) is 0.775. The maximum atomic E-state index is 10.7. The smallest absolute Gasteiger partial charge is 0.307 e. The van der Waals surface area contributed by atoms with Crippen molar-refractivity contribution in [1.82, 2.24) is 0 Å². The summed E-state index contributed by atoms with van der Waals surface area (Å²) in [4.78, 5) is 10.7. The number of hydrogen-bond acceptors (Lipinski definition) is 4. The maximum absolute atomic E-state index is 10.7. The van der Waals surface area contributed by atoms with Crippen LogP contribution in [0.4, 0.5) is 0 Å². The van der Waals surface area contributed by atoms with Crippen molar-refractivity contribution >= 4 is 17.7 Å². The van der Waals surface area contributed by atoms with E-state index in [1.807, 2.05) is 6.26 Å². The minimum absolute atomic E-state index is 0.0464. The van der Waals surface area contributed by atoms with Gasteiger partial charge in [-0.25, -0.2) is 0 Å². The van der Waals surface area contributed by atoms with Crippen LogP contribution in [0.15, 0.2) is 0 Å². The Balaban J connectivity index is 3.35. The van der Waals surface area contributed by atoms with E-state index in [-0.39, 0.29) is 12.0 Å². The van der Waals surface area contributed by atoms with Gasteiger partial charge in [-0.05, 0) is 18.4 Å². The fourth-order valence-electron chi connectivity index (χ4n) is 0.669. The van der Waals surface area contributed by atoms with Gasteiger partial charge >= 0.3 is 5.97 Å². The average molecular weight is 177 g/mol. The molecule has 1 unspecified atom stereocenters. The molecule has 0 saturated carbocycles. The van der Waals surface area contributed by atoms with Crippen LogP contribution in [-0.4, -0.2) is 31.1 Å². The molecule has 0 rings (SSSR count). The summed E-state index contributed by atoms with van der Waals surface area (Å²) >= 11 is 1.73. The Kier molecular flexibility index (Phi) is 6.36. The lowest BCUT2D eigenvalue weighted by Crippen LogP contribution is -2.24. The molecule has 0 amide bonds. The number of carbonyl (C=O) groups is 1. The summed E-state index contributed by atoms with van der Waals surface area (Å²) in [5.41, 5.74) is 5.62. The molecule has 0 aliphatic carbocycles. The summed E-state index contributed by atoms with van der Waals surface area (Å²) in [6.45, 7) is 0. The van der Waals surface area contributed by atoms with Crippen LogP contribution >= 0.6 is 11.8 Å². The Hall–Kier alpha value is -0.220. The second-order valence-electron chi connectivity index (χ2n) is 2.32. The molecular weight excluding hydrogens is 162 g/mol. The van der Waals surface area contributed by atoms with E-state index in [2.05, 4.69) is 4.74 Å². The molecule has 4 heteroatoms. The number of ether oxygens (including phenoxy) is 1. The molecule has 3 nitrogen and oxygen atoms in total. The van der Waals surface area contributed by atoms with E-state index in [0.717, 1.165) is 12.2 Å². The van der Waals surface area contributed by atoms with Crippen LogP contribution in [0.1, 0.15) is 12.8 Å². The molecule has 0 aromatic heterocycles. The van der Waals surface area contributed by atoms with Gasteiger partial charge in [0.2, 0.25) is 0 Å². The number of hydrogen-bond donors (Lipinski definition) is 1. The van der Waals surface area contributed by atoms with Gasteiger partial charge in [0.1, 0.15) is 0 Å². The minimum atomic E-state index is -0.224. The Labute approximate surface area is 71.7 Å². The fourth-order valence-corrected chi connectivity index (χ4v) is 1.21. The zero-order chi connectivity index (χ0) is 8.69.